The van der Waals surface area contributed by atoms with Crippen molar-refractivity contribution < 1.29 is 18.0 Å². The van der Waals surface area contributed by atoms with E-state index in [1.54, 1.807) is 26.9 Å². The third-order valence-electron chi connectivity index (χ3n) is 4.68. The number of aryl methyl sites for hydroxylation is 1. The fourth-order valence-electron chi connectivity index (χ4n) is 3.04. The van der Waals surface area contributed by atoms with Gasteiger partial charge in [-0.2, -0.15) is 18.3 Å². The second-order valence-electron chi connectivity index (χ2n) is 6.91. The van der Waals surface area contributed by atoms with Gasteiger partial charge in [0.1, 0.15) is 5.69 Å². The molecule has 30 heavy (non-hydrogen) atoms. The second-order valence-corrected chi connectivity index (χ2v) is 7.74. The number of aromatic nitrogens is 4. The lowest BCUT2D eigenvalue weighted by atomic mass is 10.1. The van der Waals surface area contributed by atoms with Crippen molar-refractivity contribution >= 4 is 22.2 Å². The molecule has 0 spiro atoms. The van der Waals surface area contributed by atoms with Gasteiger partial charge in [-0.3, -0.25) is 13.9 Å². The van der Waals surface area contributed by atoms with Crippen LogP contribution in [0, 0.1) is 0 Å². The maximum Gasteiger partial charge on any atom is 0.416 e. The Kier molecular flexibility index (Phi) is 5.33. The summed E-state index contributed by atoms with van der Waals surface area (Å²) in [7, 11) is 0. The van der Waals surface area contributed by atoms with Gasteiger partial charge in [-0.25, -0.2) is 4.98 Å². The number of rotatable bonds is 6. The van der Waals surface area contributed by atoms with Crippen LogP contribution >= 0.6 is 11.3 Å². The van der Waals surface area contributed by atoms with E-state index in [4.69, 9.17) is 0 Å². The van der Waals surface area contributed by atoms with Crippen molar-refractivity contribution in [2.75, 3.05) is 0 Å². The van der Waals surface area contributed by atoms with Gasteiger partial charge in [0.05, 0.1) is 11.3 Å². The molecule has 0 saturated carbocycles. The number of halogens is 3. The molecule has 4 aromatic rings. The molecule has 156 valence electrons. The smallest absolute Gasteiger partial charge is 0.348 e. The van der Waals surface area contributed by atoms with Crippen LogP contribution in [0.15, 0.2) is 54.3 Å². The maximum atomic E-state index is 12.8. The minimum atomic E-state index is -4.38. The summed E-state index contributed by atoms with van der Waals surface area (Å²) in [6.07, 6.45) is 1.58. The number of hydrogen-bond acceptors (Lipinski definition) is 4. The van der Waals surface area contributed by atoms with Crippen LogP contribution in [-0.4, -0.2) is 31.1 Å². The van der Waals surface area contributed by atoms with Crippen LogP contribution in [-0.2, 0) is 12.7 Å². The molecular formula is C20H18F3N5OS. The first-order valence-corrected chi connectivity index (χ1v) is 10.1. The molecular weight excluding hydrogens is 415 g/mol. The van der Waals surface area contributed by atoms with Gasteiger partial charge in [0.2, 0.25) is 0 Å². The number of carbonyl (C=O) groups excluding carboxylic acids is 1. The predicted octanol–water partition coefficient (Wildman–Crippen LogP) is 4.49. The average Bonchev–Trinajstić information content (AvgIpc) is 3.42. The van der Waals surface area contributed by atoms with Crippen LogP contribution in [0.4, 0.5) is 13.2 Å². The first kappa shape index (κ1) is 20.1. The van der Waals surface area contributed by atoms with Gasteiger partial charge < -0.3 is 5.32 Å². The van der Waals surface area contributed by atoms with E-state index in [9.17, 15) is 18.0 Å². The fourth-order valence-corrected chi connectivity index (χ4v) is 3.90. The van der Waals surface area contributed by atoms with Crippen molar-refractivity contribution in [1.82, 2.24) is 24.5 Å². The monoisotopic (exact) mass is 433 g/mol. The molecule has 0 bridgehead atoms. The van der Waals surface area contributed by atoms with Crippen LogP contribution in [0.2, 0.25) is 0 Å². The van der Waals surface area contributed by atoms with Crippen molar-refractivity contribution in [2.45, 2.75) is 32.1 Å². The Hall–Kier alpha value is -3.14. The van der Waals surface area contributed by atoms with Crippen molar-refractivity contribution in [3.8, 4) is 11.3 Å². The molecule has 0 aliphatic rings. The molecule has 1 N–H and O–H groups in total. The summed E-state index contributed by atoms with van der Waals surface area (Å²) in [5, 5.41) is 8.82. The molecule has 6 nitrogen and oxygen atoms in total. The molecule has 1 amide bonds. The van der Waals surface area contributed by atoms with E-state index in [2.05, 4.69) is 15.4 Å². The summed E-state index contributed by atoms with van der Waals surface area (Å²) < 4.78 is 41.7. The number of alkyl halides is 3. The largest absolute Gasteiger partial charge is 0.416 e. The topological polar surface area (TPSA) is 64.2 Å². The number of nitrogens with zero attached hydrogens (tertiary/aromatic N) is 4. The number of fused-ring (bicyclic) bond motifs is 1. The minimum Gasteiger partial charge on any atom is -0.348 e. The molecule has 0 radical (unpaired) electrons. The quantitative estimate of drug-likeness (QED) is 0.487. The predicted molar refractivity (Wildman–Crippen MR) is 107 cm³/mol. The third-order valence-corrected chi connectivity index (χ3v) is 5.52. The number of hydrogen-bond donors (Lipinski definition) is 1. The molecule has 0 fully saturated rings. The first-order valence-electron chi connectivity index (χ1n) is 9.24. The minimum absolute atomic E-state index is 0.0606. The van der Waals surface area contributed by atoms with E-state index in [0.29, 0.717) is 28.5 Å². The Bertz CT molecular complexity index is 1150. The van der Waals surface area contributed by atoms with E-state index in [0.717, 1.165) is 18.6 Å². The van der Waals surface area contributed by atoms with Crippen LogP contribution in [0.1, 0.15) is 29.4 Å². The average molecular weight is 433 g/mol. The van der Waals surface area contributed by atoms with Gasteiger partial charge in [-0.15, -0.1) is 11.3 Å². The van der Waals surface area contributed by atoms with E-state index >= 15 is 0 Å². The van der Waals surface area contributed by atoms with Gasteiger partial charge in [0.15, 0.2) is 4.96 Å². The standard InChI is InChI=1S/C20H18F3N5OS/c1-13(7-10-27-9-2-8-24-27)25-18(29)17-12-30-19-26-16(11-28(17)19)14-3-5-15(6-4-14)20(21,22)23/h2-6,8-9,11-13H,7,10H2,1H3,(H,25,29)/t13-/m1/s1. The highest BCUT2D eigenvalue weighted by molar-refractivity contribution is 7.15. The van der Waals surface area contributed by atoms with E-state index in [1.165, 1.54) is 23.5 Å². The maximum absolute atomic E-state index is 12.8. The molecule has 1 aromatic carbocycles. The molecule has 0 aliphatic carbocycles. The molecule has 10 heteroatoms. The second kappa shape index (κ2) is 7.94. The Morgan fingerprint density at radius 1 is 1.27 bits per heavy atom. The number of carbonyl (C=O) groups is 1. The van der Waals surface area contributed by atoms with Crippen molar-refractivity contribution in [2.24, 2.45) is 0 Å². The molecule has 0 aliphatic heterocycles. The normalized spacial score (nSPS) is 12.9. The summed E-state index contributed by atoms with van der Waals surface area (Å²) in [6, 6.07) is 6.60. The van der Waals surface area contributed by atoms with Crippen LogP contribution in [0.3, 0.4) is 0 Å². The van der Waals surface area contributed by atoms with Crippen LogP contribution in [0.5, 0.6) is 0 Å². The number of benzene rings is 1. The molecule has 3 aromatic heterocycles. The van der Waals surface area contributed by atoms with Crippen molar-refractivity contribution in [3.05, 3.63) is 65.6 Å². The number of imidazole rings is 1. The first-order chi connectivity index (χ1) is 14.3. The molecule has 4 rings (SSSR count). The van der Waals surface area contributed by atoms with E-state index in [-0.39, 0.29) is 11.9 Å². The Labute approximate surface area is 174 Å². The van der Waals surface area contributed by atoms with Crippen LogP contribution < -0.4 is 5.32 Å². The van der Waals surface area contributed by atoms with Crippen molar-refractivity contribution in [1.29, 1.82) is 0 Å². The molecule has 3 heterocycles. The lowest BCUT2D eigenvalue weighted by Crippen LogP contribution is -2.34. The Morgan fingerprint density at radius 2 is 2.03 bits per heavy atom. The van der Waals surface area contributed by atoms with E-state index in [1.807, 2.05) is 19.2 Å². The van der Waals surface area contributed by atoms with Crippen LogP contribution in [0.25, 0.3) is 16.2 Å². The van der Waals surface area contributed by atoms with Gasteiger partial charge in [-0.1, -0.05) is 12.1 Å². The molecule has 1 atom stereocenters. The number of amides is 1. The van der Waals surface area contributed by atoms with E-state index < -0.39 is 11.7 Å². The zero-order chi connectivity index (χ0) is 21.3. The van der Waals surface area contributed by atoms with Gasteiger partial charge >= 0.3 is 6.18 Å². The Morgan fingerprint density at radius 3 is 2.70 bits per heavy atom. The van der Waals surface area contributed by atoms with Gasteiger partial charge in [0, 0.05) is 42.1 Å². The van der Waals surface area contributed by atoms with Crippen molar-refractivity contribution in [3.63, 3.8) is 0 Å². The lowest BCUT2D eigenvalue weighted by molar-refractivity contribution is -0.137. The third kappa shape index (κ3) is 4.23. The molecule has 0 unspecified atom stereocenters. The number of nitrogens with one attached hydrogen (secondary N) is 1. The Balaban J connectivity index is 1.47. The number of thiazole rings is 1. The summed E-state index contributed by atoms with van der Waals surface area (Å²) in [4.78, 5) is 17.7. The zero-order valence-electron chi connectivity index (χ0n) is 15.9. The SMILES string of the molecule is C[C@H](CCn1cccn1)NC(=O)c1csc2nc(-c3ccc(C(F)(F)F)cc3)cn12. The summed E-state index contributed by atoms with van der Waals surface area (Å²) in [5.41, 5.74) is 0.789. The highest BCUT2D eigenvalue weighted by Gasteiger charge is 2.30. The zero-order valence-corrected chi connectivity index (χ0v) is 16.7. The summed E-state index contributed by atoms with van der Waals surface area (Å²) in [6.45, 7) is 2.61. The summed E-state index contributed by atoms with van der Waals surface area (Å²) >= 11 is 1.30. The van der Waals surface area contributed by atoms with Gasteiger partial charge in [0.25, 0.3) is 5.91 Å². The highest BCUT2D eigenvalue weighted by Crippen LogP contribution is 2.31. The van der Waals surface area contributed by atoms with Gasteiger partial charge in [-0.05, 0) is 31.5 Å². The molecule has 0 saturated heterocycles. The lowest BCUT2D eigenvalue weighted by Gasteiger charge is -2.13. The fraction of sp³-hybridized carbons (Fsp3) is 0.250. The highest BCUT2D eigenvalue weighted by atomic mass is 32.1. The summed E-state index contributed by atoms with van der Waals surface area (Å²) in [5.74, 6) is -0.231.